The quantitative estimate of drug-likeness (QED) is 0.773. The van der Waals surface area contributed by atoms with Gasteiger partial charge in [-0.25, -0.2) is 9.97 Å². The molecule has 8 nitrogen and oxygen atoms in total. The number of H-pyrrole nitrogens is 1. The Morgan fingerprint density at radius 1 is 1.16 bits per heavy atom. The number of aromatic amines is 1. The standard InChI is InChI=1S/C17H20N6O2/c1-10-17(20-13-5-4-11(24-2)6-14(13)19-10)23-8-12(16(9-23)25-3)15-7-18-22-21-15/h4-7,12,16H,8-9H2,1-3H3,(H,18,21,22)/t12-,16+/m0/s1. The molecule has 2 atom stereocenters. The molecule has 130 valence electrons. The van der Waals surface area contributed by atoms with Gasteiger partial charge >= 0.3 is 0 Å². The van der Waals surface area contributed by atoms with Crippen LogP contribution in [0, 0.1) is 6.92 Å². The SMILES string of the molecule is COc1ccc2nc(N3C[C@@H](OC)[C@H](c4cn[nH]n4)C3)c(C)nc2c1. The molecule has 1 aromatic carbocycles. The summed E-state index contributed by atoms with van der Waals surface area (Å²) >= 11 is 0. The second-order valence-corrected chi connectivity index (χ2v) is 6.17. The molecule has 1 aliphatic heterocycles. The van der Waals surface area contributed by atoms with Crippen LogP contribution < -0.4 is 9.64 Å². The number of nitrogens with one attached hydrogen (secondary N) is 1. The Balaban J connectivity index is 1.68. The molecule has 3 heterocycles. The highest BCUT2D eigenvalue weighted by atomic mass is 16.5. The molecule has 1 saturated heterocycles. The zero-order chi connectivity index (χ0) is 17.4. The number of nitrogens with zero attached hydrogens (tertiary/aromatic N) is 5. The van der Waals surface area contributed by atoms with E-state index in [2.05, 4.69) is 20.3 Å². The van der Waals surface area contributed by atoms with Crippen LogP contribution in [0.25, 0.3) is 11.0 Å². The smallest absolute Gasteiger partial charge is 0.150 e. The zero-order valence-electron chi connectivity index (χ0n) is 14.4. The third-order valence-electron chi connectivity index (χ3n) is 4.70. The maximum Gasteiger partial charge on any atom is 0.150 e. The van der Waals surface area contributed by atoms with Crippen LogP contribution in [0.2, 0.25) is 0 Å². The van der Waals surface area contributed by atoms with Crippen molar-refractivity contribution >= 4 is 16.9 Å². The summed E-state index contributed by atoms with van der Waals surface area (Å²) < 4.78 is 10.9. The number of hydrogen-bond acceptors (Lipinski definition) is 7. The Hall–Kier alpha value is -2.74. The van der Waals surface area contributed by atoms with Crippen molar-refractivity contribution in [2.75, 3.05) is 32.2 Å². The van der Waals surface area contributed by atoms with Crippen molar-refractivity contribution in [1.29, 1.82) is 0 Å². The van der Waals surface area contributed by atoms with Gasteiger partial charge in [0.15, 0.2) is 5.82 Å². The van der Waals surface area contributed by atoms with Crippen molar-refractivity contribution in [2.45, 2.75) is 18.9 Å². The lowest BCUT2D eigenvalue weighted by molar-refractivity contribution is 0.105. The average Bonchev–Trinajstić information content (AvgIpc) is 3.29. The first kappa shape index (κ1) is 15.8. The van der Waals surface area contributed by atoms with Crippen LogP contribution in [-0.4, -0.2) is 58.8 Å². The number of rotatable bonds is 4. The molecule has 0 unspecified atom stereocenters. The number of aromatic nitrogens is 5. The Morgan fingerprint density at radius 2 is 2.04 bits per heavy atom. The van der Waals surface area contributed by atoms with Gasteiger partial charge in [-0.2, -0.15) is 15.4 Å². The van der Waals surface area contributed by atoms with Crippen LogP contribution in [0.15, 0.2) is 24.4 Å². The van der Waals surface area contributed by atoms with Crippen LogP contribution in [0.5, 0.6) is 5.75 Å². The molecule has 0 radical (unpaired) electrons. The molecule has 0 spiro atoms. The molecule has 0 amide bonds. The molecule has 25 heavy (non-hydrogen) atoms. The van der Waals surface area contributed by atoms with E-state index in [1.165, 1.54) is 0 Å². The van der Waals surface area contributed by atoms with E-state index in [-0.39, 0.29) is 12.0 Å². The Morgan fingerprint density at radius 3 is 2.76 bits per heavy atom. The molecule has 1 aliphatic rings. The number of ether oxygens (including phenoxy) is 2. The van der Waals surface area contributed by atoms with Crippen LogP contribution in [0.4, 0.5) is 5.82 Å². The molecule has 4 rings (SSSR count). The number of anilines is 1. The summed E-state index contributed by atoms with van der Waals surface area (Å²) in [5.74, 6) is 1.81. The first-order valence-corrected chi connectivity index (χ1v) is 8.15. The largest absolute Gasteiger partial charge is 0.497 e. The molecule has 1 fully saturated rings. The van der Waals surface area contributed by atoms with E-state index in [4.69, 9.17) is 19.4 Å². The van der Waals surface area contributed by atoms with Gasteiger partial charge in [-0.05, 0) is 19.1 Å². The number of methoxy groups -OCH3 is 2. The second kappa shape index (κ2) is 6.29. The molecule has 3 aromatic rings. The lowest BCUT2D eigenvalue weighted by Crippen LogP contribution is -2.24. The molecule has 1 N–H and O–H groups in total. The van der Waals surface area contributed by atoms with Gasteiger partial charge in [-0.15, -0.1) is 0 Å². The molecule has 0 aliphatic carbocycles. The third kappa shape index (κ3) is 2.78. The fraction of sp³-hybridized carbons (Fsp3) is 0.412. The van der Waals surface area contributed by atoms with Crippen molar-refractivity contribution < 1.29 is 9.47 Å². The minimum atomic E-state index is 0.0397. The fourth-order valence-corrected chi connectivity index (χ4v) is 3.40. The lowest BCUT2D eigenvalue weighted by atomic mass is 10.0. The zero-order valence-corrected chi connectivity index (χ0v) is 14.4. The molecule has 0 bridgehead atoms. The summed E-state index contributed by atoms with van der Waals surface area (Å²) in [6.45, 7) is 3.49. The van der Waals surface area contributed by atoms with E-state index >= 15 is 0 Å². The normalized spacial score (nSPS) is 20.4. The molecule has 2 aromatic heterocycles. The molecule has 8 heteroatoms. The van der Waals surface area contributed by atoms with Crippen LogP contribution >= 0.6 is 0 Å². The number of aryl methyl sites for hydroxylation is 1. The van der Waals surface area contributed by atoms with Crippen molar-refractivity contribution in [1.82, 2.24) is 25.4 Å². The number of fused-ring (bicyclic) bond motifs is 1. The van der Waals surface area contributed by atoms with E-state index in [9.17, 15) is 0 Å². The van der Waals surface area contributed by atoms with Crippen LogP contribution in [0.1, 0.15) is 17.3 Å². The Labute approximate surface area is 145 Å². The predicted molar refractivity (Wildman–Crippen MR) is 93.0 cm³/mol. The molecule has 0 saturated carbocycles. The molecular formula is C17H20N6O2. The van der Waals surface area contributed by atoms with Crippen molar-refractivity contribution in [2.24, 2.45) is 0 Å². The monoisotopic (exact) mass is 340 g/mol. The summed E-state index contributed by atoms with van der Waals surface area (Å²) in [5.41, 5.74) is 3.47. The minimum Gasteiger partial charge on any atom is -0.497 e. The maximum atomic E-state index is 5.67. The van der Waals surface area contributed by atoms with Gasteiger partial charge in [-0.3, -0.25) is 0 Å². The highest BCUT2D eigenvalue weighted by Gasteiger charge is 2.37. The lowest BCUT2D eigenvalue weighted by Gasteiger charge is -2.19. The topological polar surface area (TPSA) is 89.0 Å². The van der Waals surface area contributed by atoms with E-state index in [0.29, 0.717) is 0 Å². The van der Waals surface area contributed by atoms with Gasteiger partial charge < -0.3 is 14.4 Å². The highest BCUT2D eigenvalue weighted by molar-refractivity contribution is 5.78. The van der Waals surface area contributed by atoms with E-state index in [1.54, 1.807) is 20.4 Å². The van der Waals surface area contributed by atoms with Crippen LogP contribution in [-0.2, 0) is 4.74 Å². The van der Waals surface area contributed by atoms with Crippen molar-refractivity contribution in [3.05, 3.63) is 35.8 Å². The Bertz CT molecular complexity index is 882. The third-order valence-corrected chi connectivity index (χ3v) is 4.70. The van der Waals surface area contributed by atoms with E-state index in [1.807, 2.05) is 25.1 Å². The Kier molecular flexibility index (Phi) is 3.96. The van der Waals surface area contributed by atoms with Gasteiger partial charge in [0.05, 0.1) is 47.7 Å². The van der Waals surface area contributed by atoms with Gasteiger partial charge in [0.25, 0.3) is 0 Å². The van der Waals surface area contributed by atoms with Gasteiger partial charge in [0.1, 0.15) is 5.75 Å². The van der Waals surface area contributed by atoms with Gasteiger partial charge in [0.2, 0.25) is 0 Å². The van der Waals surface area contributed by atoms with Crippen LogP contribution in [0.3, 0.4) is 0 Å². The highest BCUT2D eigenvalue weighted by Crippen LogP contribution is 2.32. The van der Waals surface area contributed by atoms with Gasteiger partial charge in [-0.1, -0.05) is 0 Å². The average molecular weight is 340 g/mol. The van der Waals surface area contributed by atoms with Crippen molar-refractivity contribution in [3.63, 3.8) is 0 Å². The fourth-order valence-electron chi connectivity index (χ4n) is 3.40. The summed E-state index contributed by atoms with van der Waals surface area (Å²) in [6.07, 6.45) is 1.80. The number of benzene rings is 1. The predicted octanol–water partition coefficient (Wildman–Crippen LogP) is 1.68. The first-order valence-electron chi connectivity index (χ1n) is 8.15. The summed E-state index contributed by atoms with van der Waals surface area (Å²) in [6, 6.07) is 5.73. The van der Waals surface area contributed by atoms with E-state index < -0.39 is 0 Å². The summed E-state index contributed by atoms with van der Waals surface area (Å²) in [4.78, 5) is 11.7. The second-order valence-electron chi connectivity index (χ2n) is 6.17. The summed E-state index contributed by atoms with van der Waals surface area (Å²) in [5, 5.41) is 10.8. The van der Waals surface area contributed by atoms with Crippen molar-refractivity contribution in [3.8, 4) is 5.75 Å². The maximum absolute atomic E-state index is 5.67. The van der Waals surface area contributed by atoms with E-state index in [0.717, 1.165) is 47.1 Å². The summed E-state index contributed by atoms with van der Waals surface area (Å²) in [7, 11) is 3.38. The van der Waals surface area contributed by atoms with Gasteiger partial charge in [0, 0.05) is 26.3 Å². The molecular weight excluding hydrogens is 320 g/mol. The minimum absolute atomic E-state index is 0.0397. The number of hydrogen-bond donors (Lipinski definition) is 1. The first-order chi connectivity index (χ1) is 12.2.